The number of benzene rings is 3. The first-order valence-electron chi connectivity index (χ1n) is 10.6. The molecule has 13 heteroatoms. The molecule has 1 atom stereocenters. The minimum Gasteiger partial charge on any atom is -0.480 e. The topological polar surface area (TPSA) is 167 Å². The van der Waals surface area contributed by atoms with Gasteiger partial charge in [-0.05, 0) is 23.8 Å². The van der Waals surface area contributed by atoms with Crippen LogP contribution in [0.3, 0.4) is 0 Å². The summed E-state index contributed by atoms with van der Waals surface area (Å²) >= 11 is 11.9. The van der Waals surface area contributed by atoms with Gasteiger partial charge in [0.15, 0.2) is 0 Å². The Morgan fingerprint density at radius 3 is 2.46 bits per heavy atom. The van der Waals surface area contributed by atoms with Crippen LogP contribution >= 0.6 is 23.2 Å². The summed E-state index contributed by atoms with van der Waals surface area (Å²) in [5.41, 5.74) is -0.736. The van der Waals surface area contributed by atoms with Gasteiger partial charge >= 0.3 is 5.97 Å². The maximum atomic E-state index is 13.2. The molecule has 0 aliphatic carbocycles. The first-order valence-corrected chi connectivity index (χ1v) is 11.4. The molecule has 4 aromatic rings. The van der Waals surface area contributed by atoms with E-state index in [0.29, 0.717) is 16.3 Å². The van der Waals surface area contributed by atoms with Gasteiger partial charge in [-0.25, -0.2) is 9.78 Å². The zero-order chi connectivity index (χ0) is 26.7. The first kappa shape index (κ1) is 25.6. The van der Waals surface area contributed by atoms with Crippen LogP contribution in [-0.4, -0.2) is 37.9 Å². The Morgan fingerprint density at radius 1 is 1.08 bits per heavy atom. The van der Waals surface area contributed by atoms with Crippen molar-refractivity contribution in [2.24, 2.45) is 0 Å². The predicted molar refractivity (Wildman–Crippen MR) is 138 cm³/mol. The molecular weight excluding hydrogens is 525 g/mol. The van der Waals surface area contributed by atoms with Crippen LogP contribution in [0.4, 0.5) is 17.3 Å². The summed E-state index contributed by atoms with van der Waals surface area (Å²) in [7, 11) is 0. The third kappa shape index (κ3) is 5.85. The second kappa shape index (κ2) is 10.6. The highest BCUT2D eigenvalue weighted by Crippen LogP contribution is 2.27. The Bertz CT molecular complexity index is 1590. The number of hydrogen-bond donors (Lipinski definition) is 4. The number of aromatic amines is 1. The molecule has 1 heterocycles. The van der Waals surface area contributed by atoms with Crippen molar-refractivity contribution in [3.8, 4) is 0 Å². The largest absolute Gasteiger partial charge is 0.480 e. The van der Waals surface area contributed by atoms with E-state index in [-0.39, 0.29) is 33.9 Å². The van der Waals surface area contributed by atoms with Crippen molar-refractivity contribution in [3.05, 3.63) is 102 Å². The summed E-state index contributed by atoms with van der Waals surface area (Å²) in [4.78, 5) is 55.3. The molecule has 11 nitrogen and oxygen atoms in total. The second-order valence-electron chi connectivity index (χ2n) is 7.87. The summed E-state index contributed by atoms with van der Waals surface area (Å²) in [6.07, 6.45) is -0.0348. The van der Waals surface area contributed by atoms with Gasteiger partial charge in [0.2, 0.25) is 5.95 Å². The summed E-state index contributed by atoms with van der Waals surface area (Å²) in [6.45, 7) is 0. The van der Waals surface area contributed by atoms with Crippen molar-refractivity contribution in [1.29, 1.82) is 0 Å². The molecule has 37 heavy (non-hydrogen) atoms. The number of aliphatic carboxylic acids is 1. The molecule has 0 aliphatic rings. The van der Waals surface area contributed by atoms with E-state index in [1.807, 2.05) is 0 Å². The monoisotopic (exact) mass is 541 g/mol. The lowest BCUT2D eigenvalue weighted by atomic mass is 10.0. The number of carbonyl (C=O) groups excluding carboxylic acids is 1. The lowest BCUT2D eigenvalue weighted by Gasteiger charge is -2.16. The lowest BCUT2D eigenvalue weighted by molar-refractivity contribution is -0.384. The van der Waals surface area contributed by atoms with Gasteiger partial charge in [0.05, 0.1) is 31.4 Å². The molecule has 0 fully saturated rings. The number of fused-ring (bicyclic) bond motifs is 1. The number of anilines is 2. The Hall–Kier alpha value is -4.48. The third-order valence-corrected chi connectivity index (χ3v) is 6.06. The molecular formula is C24H17Cl2N5O6. The number of non-ortho nitro benzene ring substituents is 1. The van der Waals surface area contributed by atoms with Crippen molar-refractivity contribution in [2.75, 3.05) is 5.32 Å². The van der Waals surface area contributed by atoms with Crippen LogP contribution in [0.25, 0.3) is 10.9 Å². The maximum Gasteiger partial charge on any atom is 0.326 e. The zero-order valence-corrected chi connectivity index (χ0v) is 20.2. The van der Waals surface area contributed by atoms with Crippen molar-refractivity contribution in [3.63, 3.8) is 0 Å². The number of H-pyrrole nitrogens is 1. The fourth-order valence-corrected chi connectivity index (χ4v) is 3.86. The van der Waals surface area contributed by atoms with E-state index in [1.165, 1.54) is 12.1 Å². The van der Waals surface area contributed by atoms with E-state index in [9.17, 15) is 29.6 Å². The van der Waals surface area contributed by atoms with Crippen LogP contribution < -0.4 is 16.2 Å². The highest BCUT2D eigenvalue weighted by Gasteiger charge is 2.25. The quantitative estimate of drug-likeness (QED) is 0.189. The minimum absolute atomic E-state index is 0.0348. The zero-order valence-electron chi connectivity index (χ0n) is 18.7. The number of amides is 1. The lowest BCUT2D eigenvalue weighted by Crippen LogP contribution is -2.42. The number of carboxylic acid groups (broad SMARTS) is 1. The maximum absolute atomic E-state index is 13.2. The van der Waals surface area contributed by atoms with E-state index in [4.69, 9.17) is 23.2 Å². The van der Waals surface area contributed by atoms with Gasteiger partial charge in [0, 0.05) is 24.2 Å². The average molecular weight is 542 g/mol. The number of carbonyl (C=O) groups is 2. The van der Waals surface area contributed by atoms with Gasteiger partial charge in [-0.15, -0.1) is 0 Å². The van der Waals surface area contributed by atoms with Crippen molar-refractivity contribution >= 4 is 63.3 Å². The number of carboxylic acids is 1. The highest BCUT2D eigenvalue weighted by molar-refractivity contribution is 6.42. The smallest absolute Gasteiger partial charge is 0.326 e. The molecule has 4 N–H and O–H groups in total. The fraction of sp³-hybridized carbons (Fsp3) is 0.0833. The van der Waals surface area contributed by atoms with Crippen molar-refractivity contribution in [2.45, 2.75) is 12.5 Å². The Balaban J connectivity index is 1.76. The molecule has 0 radical (unpaired) electrons. The van der Waals surface area contributed by atoms with E-state index in [2.05, 4.69) is 20.6 Å². The normalized spacial score (nSPS) is 11.6. The van der Waals surface area contributed by atoms with E-state index >= 15 is 0 Å². The number of aromatic nitrogens is 2. The van der Waals surface area contributed by atoms with Crippen LogP contribution in [-0.2, 0) is 11.2 Å². The van der Waals surface area contributed by atoms with Gasteiger partial charge in [-0.3, -0.25) is 24.7 Å². The number of halogens is 2. The summed E-state index contributed by atoms with van der Waals surface area (Å²) in [6, 6.07) is 13.8. The number of nitro benzene ring substituents is 1. The Morgan fingerprint density at radius 2 is 1.81 bits per heavy atom. The SMILES string of the molecule is O=C(N[C@H](Cc1ccccc1)C(=O)O)c1cc([N+](=O)[O-])cc2c(=O)[nH]c(Nc3ccc(Cl)c(Cl)c3)nc12. The molecule has 0 saturated heterocycles. The molecule has 1 aromatic heterocycles. The van der Waals surface area contributed by atoms with E-state index < -0.39 is 34.1 Å². The van der Waals surface area contributed by atoms with Gasteiger partial charge in [0.25, 0.3) is 17.2 Å². The molecule has 188 valence electrons. The van der Waals surface area contributed by atoms with Crippen LogP contribution in [0.5, 0.6) is 0 Å². The summed E-state index contributed by atoms with van der Waals surface area (Å²) in [5.74, 6) is -2.34. The van der Waals surface area contributed by atoms with Crippen LogP contribution in [0.15, 0.2) is 65.5 Å². The molecule has 0 spiro atoms. The first-order chi connectivity index (χ1) is 17.6. The third-order valence-electron chi connectivity index (χ3n) is 5.32. The fourth-order valence-electron chi connectivity index (χ4n) is 3.56. The van der Waals surface area contributed by atoms with Crippen LogP contribution in [0.1, 0.15) is 15.9 Å². The van der Waals surface area contributed by atoms with Crippen molar-refractivity contribution < 1.29 is 19.6 Å². The number of nitrogens with zero attached hydrogens (tertiary/aromatic N) is 2. The highest BCUT2D eigenvalue weighted by atomic mass is 35.5. The second-order valence-corrected chi connectivity index (χ2v) is 8.68. The molecule has 4 rings (SSSR count). The molecule has 0 bridgehead atoms. The standard InChI is InChI=1S/C24H17Cl2N5O6/c25-17-7-6-13(9-18(17)26)27-24-29-20-15(10-14(31(36)37)11-16(20)22(33)30-24)21(32)28-19(23(34)35)8-12-4-2-1-3-5-12/h1-7,9-11,19H,8H2,(H,28,32)(H,34,35)(H2,27,29,30,33)/t19-/m1/s1. The summed E-state index contributed by atoms with van der Waals surface area (Å²) in [5, 5.41) is 26.7. The van der Waals surface area contributed by atoms with Crippen molar-refractivity contribution in [1.82, 2.24) is 15.3 Å². The minimum atomic E-state index is -1.35. The molecule has 0 aliphatic heterocycles. The van der Waals surface area contributed by atoms with Gasteiger partial charge in [0.1, 0.15) is 6.04 Å². The number of nitrogens with one attached hydrogen (secondary N) is 3. The summed E-state index contributed by atoms with van der Waals surface area (Å²) < 4.78 is 0. The molecule has 3 aromatic carbocycles. The van der Waals surface area contributed by atoms with E-state index in [1.54, 1.807) is 36.4 Å². The van der Waals surface area contributed by atoms with Crippen LogP contribution in [0, 0.1) is 10.1 Å². The molecule has 1 amide bonds. The number of nitro groups is 1. The molecule has 0 saturated carbocycles. The Kier molecular flexibility index (Phi) is 7.37. The predicted octanol–water partition coefficient (Wildman–Crippen LogP) is 4.31. The van der Waals surface area contributed by atoms with Crippen LogP contribution in [0.2, 0.25) is 10.0 Å². The van der Waals surface area contributed by atoms with Gasteiger partial charge in [-0.2, -0.15) is 0 Å². The molecule has 0 unspecified atom stereocenters. The number of rotatable bonds is 8. The van der Waals surface area contributed by atoms with Gasteiger partial charge in [-0.1, -0.05) is 53.5 Å². The van der Waals surface area contributed by atoms with E-state index in [0.717, 1.165) is 12.1 Å². The average Bonchev–Trinajstić information content (AvgIpc) is 2.86. The van der Waals surface area contributed by atoms with Gasteiger partial charge < -0.3 is 15.7 Å². The Labute approximate surface area is 218 Å². The number of hydrogen-bond acceptors (Lipinski definition) is 7.